The summed E-state index contributed by atoms with van der Waals surface area (Å²) in [4.78, 5) is 28.6. The number of hydrogen-bond acceptors (Lipinski definition) is 6. The molecular formula is C30H30ClF2N3O6S. The molecule has 1 aliphatic carbocycles. The summed E-state index contributed by atoms with van der Waals surface area (Å²) in [6.45, 7) is 1.03. The lowest BCUT2D eigenvalue weighted by atomic mass is 9.90. The Morgan fingerprint density at radius 1 is 0.953 bits per heavy atom. The van der Waals surface area contributed by atoms with Crippen molar-refractivity contribution in [1.29, 1.82) is 0 Å². The number of piperazine rings is 1. The molecule has 3 fully saturated rings. The van der Waals surface area contributed by atoms with Gasteiger partial charge in [-0.3, -0.25) is 4.79 Å². The van der Waals surface area contributed by atoms with E-state index in [1.165, 1.54) is 39.7 Å². The molecule has 43 heavy (non-hydrogen) atoms. The van der Waals surface area contributed by atoms with Crippen molar-refractivity contribution in [3.8, 4) is 0 Å². The third-order valence-electron chi connectivity index (χ3n) is 8.45. The minimum Gasteiger partial charge on any atom is -0.459 e. The van der Waals surface area contributed by atoms with Gasteiger partial charge in [-0.15, -0.1) is 0 Å². The number of hydrogen-bond donors (Lipinski definition) is 0. The molecule has 6 rings (SSSR count). The van der Waals surface area contributed by atoms with Crippen LogP contribution in [0.1, 0.15) is 54.3 Å². The van der Waals surface area contributed by atoms with Crippen LogP contribution in [0.2, 0.25) is 5.02 Å². The molecule has 3 heterocycles. The van der Waals surface area contributed by atoms with E-state index >= 15 is 4.39 Å². The van der Waals surface area contributed by atoms with Crippen LogP contribution < -0.4 is 0 Å². The van der Waals surface area contributed by atoms with Gasteiger partial charge < -0.3 is 19.0 Å². The van der Waals surface area contributed by atoms with E-state index in [-0.39, 0.29) is 42.9 Å². The number of piperidine rings is 1. The Balaban J connectivity index is 1.26. The molecule has 1 aromatic heterocycles. The summed E-state index contributed by atoms with van der Waals surface area (Å²) >= 11 is 5.91. The largest absolute Gasteiger partial charge is 0.459 e. The van der Waals surface area contributed by atoms with Crippen LogP contribution in [0.15, 0.2) is 70.2 Å². The maximum atomic E-state index is 15.1. The van der Waals surface area contributed by atoms with Crippen molar-refractivity contribution in [3.63, 3.8) is 0 Å². The fraction of sp³-hybridized carbons (Fsp3) is 0.400. The maximum Gasteiger partial charge on any atom is 0.410 e. The molecule has 2 saturated heterocycles. The zero-order chi connectivity index (χ0) is 30.4. The number of carbonyl (C=O) groups excluding carboxylic acids is 2. The third kappa shape index (κ3) is 5.75. The Morgan fingerprint density at radius 3 is 2.35 bits per heavy atom. The average Bonchev–Trinajstić information content (AvgIpc) is 3.56. The van der Waals surface area contributed by atoms with Crippen molar-refractivity contribution in [3.05, 3.63) is 88.8 Å². The number of furan rings is 1. The van der Waals surface area contributed by atoms with Gasteiger partial charge in [0.05, 0.1) is 18.3 Å². The van der Waals surface area contributed by atoms with Crippen molar-refractivity contribution >= 4 is 33.6 Å². The molecule has 13 heteroatoms. The summed E-state index contributed by atoms with van der Waals surface area (Å²) in [7, 11) is -4.49. The number of sulfonamides is 1. The predicted molar refractivity (Wildman–Crippen MR) is 152 cm³/mol. The molecule has 2 atom stereocenters. The lowest BCUT2D eigenvalue weighted by molar-refractivity contribution is -0.0137. The maximum absolute atomic E-state index is 15.1. The first-order valence-electron chi connectivity index (χ1n) is 14.1. The van der Waals surface area contributed by atoms with Gasteiger partial charge in [0.1, 0.15) is 22.1 Å². The first-order valence-corrected chi connectivity index (χ1v) is 16.0. The number of benzene rings is 2. The monoisotopic (exact) mass is 633 g/mol. The lowest BCUT2D eigenvalue weighted by Gasteiger charge is -2.45. The van der Waals surface area contributed by atoms with E-state index in [1.807, 2.05) is 0 Å². The van der Waals surface area contributed by atoms with Crippen LogP contribution in [0.4, 0.5) is 13.6 Å². The summed E-state index contributed by atoms with van der Waals surface area (Å²) in [5.41, 5.74) is -0.692. The van der Waals surface area contributed by atoms with Crippen LogP contribution >= 0.6 is 11.6 Å². The fourth-order valence-electron chi connectivity index (χ4n) is 6.14. The highest BCUT2D eigenvalue weighted by Gasteiger charge is 2.60. The SMILES string of the molecule is O=C(OC1([C@H]2CCC[C@@H](c3cccc(F)c3)N2S(=O)(=O)c2ccc(Cl)cc2F)CC1)N1CCN(C(=O)c2ccco2)CC1. The summed E-state index contributed by atoms with van der Waals surface area (Å²) in [5.74, 6) is -1.57. The first-order chi connectivity index (χ1) is 20.6. The summed E-state index contributed by atoms with van der Waals surface area (Å²) < 4.78 is 70.3. The molecular weight excluding hydrogens is 604 g/mol. The predicted octanol–water partition coefficient (Wildman–Crippen LogP) is 5.62. The molecule has 2 aromatic carbocycles. The van der Waals surface area contributed by atoms with E-state index in [1.54, 1.807) is 23.1 Å². The normalized spacial score (nSPS) is 22.3. The number of amides is 2. The van der Waals surface area contributed by atoms with Crippen molar-refractivity contribution < 1.29 is 35.9 Å². The summed E-state index contributed by atoms with van der Waals surface area (Å²) in [6, 6.07) is 10.7. The molecule has 9 nitrogen and oxygen atoms in total. The van der Waals surface area contributed by atoms with E-state index in [0.29, 0.717) is 37.7 Å². The Morgan fingerprint density at radius 2 is 1.70 bits per heavy atom. The lowest BCUT2D eigenvalue weighted by Crippen LogP contribution is -2.56. The van der Waals surface area contributed by atoms with E-state index < -0.39 is 50.3 Å². The highest BCUT2D eigenvalue weighted by Crippen LogP contribution is 2.53. The van der Waals surface area contributed by atoms with Crippen molar-refractivity contribution in [2.75, 3.05) is 26.2 Å². The van der Waals surface area contributed by atoms with Crippen molar-refractivity contribution in [1.82, 2.24) is 14.1 Å². The summed E-state index contributed by atoms with van der Waals surface area (Å²) in [5, 5.41) is 0.0480. The number of ether oxygens (including phenoxy) is 1. The zero-order valence-corrected chi connectivity index (χ0v) is 24.7. The standard InChI is InChI=1S/C30H30ClF2N3O6S/c31-21-9-10-26(23(33)19-21)43(39,40)36-24(20-4-1-5-22(32)18-20)6-2-8-27(36)30(11-12-30)42-29(38)35-15-13-34(14-16-35)28(37)25-7-3-17-41-25/h1,3-5,7,9-10,17-19,24,27H,2,6,8,11-16H2/t24-,27+/m0/s1. The topological polar surface area (TPSA) is 100 Å². The molecule has 2 amide bonds. The van der Waals surface area contributed by atoms with E-state index in [2.05, 4.69) is 0 Å². The van der Waals surface area contributed by atoms with Crippen LogP contribution in [-0.2, 0) is 14.8 Å². The van der Waals surface area contributed by atoms with Crippen LogP contribution in [0.25, 0.3) is 0 Å². The van der Waals surface area contributed by atoms with Gasteiger partial charge >= 0.3 is 6.09 Å². The Bertz CT molecular complexity index is 1620. The smallest absolute Gasteiger partial charge is 0.410 e. The quantitative estimate of drug-likeness (QED) is 0.349. The van der Waals surface area contributed by atoms with E-state index in [9.17, 15) is 22.4 Å². The molecule has 0 N–H and O–H groups in total. The van der Waals surface area contributed by atoms with Crippen LogP contribution in [0.5, 0.6) is 0 Å². The van der Waals surface area contributed by atoms with Gasteiger partial charge in [0.25, 0.3) is 5.91 Å². The van der Waals surface area contributed by atoms with Gasteiger partial charge in [0, 0.05) is 31.2 Å². The van der Waals surface area contributed by atoms with E-state index in [0.717, 1.165) is 12.1 Å². The van der Waals surface area contributed by atoms with Gasteiger partial charge in [-0.25, -0.2) is 22.0 Å². The minimum atomic E-state index is -4.49. The fourth-order valence-corrected chi connectivity index (χ4v) is 8.27. The minimum absolute atomic E-state index is 0.0480. The number of halogens is 3. The number of nitrogens with zero attached hydrogens (tertiary/aromatic N) is 3. The molecule has 3 aliphatic rings. The van der Waals surface area contributed by atoms with Gasteiger partial charge in [0.2, 0.25) is 10.0 Å². The molecule has 2 aliphatic heterocycles. The van der Waals surface area contributed by atoms with Crippen molar-refractivity contribution in [2.24, 2.45) is 0 Å². The third-order valence-corrected chi connectivity index (χ3v) is 10.6. The highest BCUT2D eigenvalue weighted by molar-refractivity contribution is 7.89. The van der Waals surface area contributed by atoms with Gasteiger partial charge in [-0.2, -0.15) is 4.31 Å². The molecule has 3 aromatic rings. The van der Waals surface area contributed by atoms with Gasteiger partial charge in [-0.05, 0) is 80.1 Å². The molecule has 0 bridgehead atoms. The van der Waals surface area contributed by atoms with E-state index in [4.69, 9.17) is 20.8 Å². The van der Waals surface area contributed by atoms with Gasteiger partial charge in [0.15, 0.2) is 5.76 Å². The second-order valence-electron chi connectivity index (χ2n) is 11.1. The van der Waals surface area contributed by atoms with Crippen LogP contribution in [-0.4, -0.2) is 72.3 Å². The van der Waals surface area contributed by atoms with Gasteiger partial charge in [-0.1, -0.05) is 23.7 Å². The van der Waals surface area contributed by atoms with Crippen LogP contribution in [0, 0.1) is 11.6 Å². The molecule has 1 saturated carbocycles. The second-order valence-corrected chi connectivity index (χ2v) is 13.4. The average molecular weight is 634 g/mol. The molecule has 0 spiro atoms. The number of rotatable bonds is 6. The first kappa shape index (κ1) is 29.6. The Kier molecular flexibility index (Phi) is 7.95. The molecule has 228 valence electrons. The van der Waals surface area contributed by atoms with Crippen LogP contribution in [0.3, 0.4) is 0 Å². The zero-order valence-electron chi connectivity index (χ0n) is 23.1. The Labute approximate surface area is 253 Å². The number of carbonyl (C=O) groups is 2. The Hall–Kier alpha value is -3.48. The second kappa shape index (κ2) is 11.5. The van der Waals surface area contributed by atoms with Crippen molar-refractivity contribution in [2.45, 2.75) is 54.7 Å². The molecule has 0 unspecified atom stereocenters. The highest BCUT2D eigenvalue weighted by atomic mass is 35.5. The summed E-state index contributed by atoms with van der Waals surface area (Å²) in [6.07, 6.45) is 3.00. The molecule has 0 radical (unpaired) electrons.